The summed E-state index contributed by atoms with van der Waals surface area (Å²) in [4.78, 5) is 11.0. The number of β-lactam (4-membered cyclic amide) rings is 1. The maximum Gasteiger partial charge on any atom is 0.254 e. The van der Waals surface area contributed by atoms with Crippen LogP contribution >= 0.6 is 0 Å². The van der Waals surface area contributed by atoms with Crippen LogP contribution in [0.1, 0.15) is 27.7 Å². The normalized spacial score (nSPS) is 28.1. The maximum absolute atomic E-state index is 11.0. The summed E-state index contributed by atoms with van der Waals surface area (Å²) in [7, 11) is 0. The second-order valence-corrected chi connectivity index (χ2v) is 3.80. The molecule has 0 aliphatic carbocycles. The van der Waals surface area contributed by atoms with Gasteiger partial charge >= 0.3 is 0 Å². The Morgan fingerprint density at radius 3 is 1.80 bits per heavy atom. The Morgan fingerprint density at radius 1 is 1.30 bits per heavy atom. The molecule has 3 heteroatoms. The van der Waals surface area contributed by atoms with Crippen molar-refractivity contribution in [2.24, 2.45) is 5.41 Å². The van der Waals surface area contributed by atoms with E-state index in [2.05, 4.69) is 0 Å². The molecule has 0 saturated carbocycles. The average molecular weight is 143 g/mol. The van der Waals surface area contributed by atoms with Crippen molar-refractivity contribution in [1.29, 1.82) is 0 Å². The minimum Gasteiger partial charge on any atom is -0.285 e. The Kier molecular flexibility index (Phi) is 1.15. The summed E-state index contributed by atoms with van der Waals surface area (Å²) >= 11 is 0. The molecule has 1 aliphatic rings. The van der Waals surface area contributed by atoms with Crippen LogP contribution in [0.3, 0.4) is 0 Å². The molecule has 0 radical (unpaired) electrons. The Hall–Kier alpha value is -0.570. The Balaban J connectivity index is 2.92. The first-order valence-corrected chi connectivity index (χ1v) is 3.35. The zero-order valence-corrected chi connectivity index (χ0v) is 6.80. The minimum absolute atomic E-state index is 0.197. The highest BCUT2D eigenvalue weighted by Crippen LogP contribution is 2.45. The quantitative estimate of drug-likeness (QED) is 0.406. The van der Waals surface area contributed by atoms with E-state index >= 15 is 0 Å². The second-order valence-electron chi connectivity index (χ2n) is 3.80. The maximum atomic E-state index is 11.0. The lowest BCUT2D eigenvalue weighted by Gasteiger charge is -2.55. The topological polar surface area (TPSA) is 40.5 Å². The number of carbonyl (C=O) groups excluding carboxylic acids is 1. The van der Waals surface area contributed by atoms with Gasteiger partial charge in [0.15, 0.2) is 0 Å². The molecule has 3 nitrogen and oxygen atoms in total. The molecule has 1 amide bonds. The van der Waals surface area contributed by atoms with Gasteiger partial charge in [-0.2, -0.15) is 0 Å². The van der Waals surface area contributed by atoms with Gasteiger partial charge < -0.3 is 0 Å². The number of hydrogen-bond donors (Lipinski definition) is 1. The molecule has 0 unspecified atom stereocenters. The van der Waals surface area contributed by atoms with Crippen molar-refractivity contribution >= 4 is 5.91 Å². The smallest absolute Gasteiger partial charge is 0.254 e. The van der Waals surface area contributed by atoms with E-state index in [0.29, 0.717) is 0 Å². The number of hydrogen-bond acceptors (Lipinski definition) is 2. The lowest BCUT2D eigenvalue weighted by molar-refractivity contribution is -0.261. The first-order valence-electron chi connectivity index (χ1n) is 3.35. The molecule has 1 fully saturated rings. The van der Waals surface area contributed by atoms with Gasteiger partial charge in [0.1, 0.15) is 0 Å². The van der Waals surface area contributed by atoms with Crippen LogP contribution in [-0.4, -0.2) is 21.7 Å². The first kappa shape index (κ1) is 7.54. The molecule has 1 rings (SSSR count). The number of nitrogens with zero attached hydrogens (tertiary/aromatic N) is 1. The molecule has 0 aromatic rings. The van der Waals surface area contributed by atoms with Crippen LogP contribution in [0.15, 0.2) is 0 Å². The molecule has 0 bridgehead atoms. The van der Waals surface area contributed by atoms with Crippen molar-refractivity contribution in [3.8, 4) is 0 Å². The lowest BCUT2D eigenvalue weighted by atomic mass is 9.66. The third kappa shape index (κ3) is 0.515. The van der Waals surface area contributed by atoms with E-state index < -0.39 is 11.0 Å². The number of carbonyl (C=O) groups is 1. The molecule has 1 saturated heterocycles. The SMILES string of the molecule is CC1(C)C(=O)N(O)C1(C)C. The van der Waals surface area contributed by atoms with Crippen molar-refractivity contribution in [1.82, 2.24) is 5.06 Å². The summed E-state index contributed by atoms with van der Waals surface area (Å²) < 4.78 is 0. The largest absolute Gasteiger partial charge is 0.285 e. The van der Waals surface area contributed by atoms with Crippen LogP contribution in [0.4, 0.5) is 0 Å². The van der Waals surface area contributed by atoms with Crippen molar-refractivity contribution in [2.45, 2.75) is 33.2 Å². The van der Waals surface area contributed by atoms with E-state index in [0.717, 1.165) is 5.06 Å². The van der Waals surface area contributed by atoms with Gasteiger partial charge in [-0.3, -0.25) is 10.0 Å². The number of hydroxylamine groups is 2. The Morgan fingerprint density at radius 2 is 1.70 bits per heavy atom. The summed E-state index contributed by atoms with van der Waals surface area (Å²) in [5.41, 5.74) is -0.828. The average Bonchev–Trinajstić information content (AvgIpc) is 1.84. The van der Waals surface area contributed by atoms with Crippen LogP contribution in [0.2, 0.25) is 0 Å². The summed E-state index contributed by atoms with van der Waals surface area (Å²) in [6.45, 7) is 7.35. The first-order chi connectivity index (χ1) is 4.32. The second kappa shape index (κ2) is 1.53. The van der Waals surface area contributed by atoms with Crippen LogP contribution < -0.4 is 0 Å². The summed E-state index contributed by atoms with van der Waals surface area (Å²) in [5.74, 6) is -0.197. The molecular formula is C7H13NO2. The monoisotopic (exact) mass is 143 g/mol. The van der Waals surface area contributed by atoms with Gasteiger partial charge in [-0.05, 0) is 27.7 Å². The Bertz CT molecular complexity index is 184. The van der Waals surface area contributed by atoms with Gasteiger partial charge in [-0.1, -0.05) is 0 Å². The van der Waals surface area contributed by atoms with Crippen LogP contribution in [0.25, 0.3) is 0 Å². The number of amides is 1. The van der Waals surface area contributed by atoms with E-state index in [-0.39, 0.29) is 5.91 Å². The highest BCUT2D eigenvalue weighted by molar-refractivity contribution is 5.89. The van der Waals surface area contributed by atoms with Crippen molar-refractivity contribution < 1.29 is 10.0 Å². The lowest BCUT2D eigenvalue weighted by Crippen LogP contribution is -2.71. The molecule has 0 spiro atoms. The fourth-order valence-corrected chi connectivity index (χ4v) is 0.992. The van der Waals surface area contributed by atoms with Gasteiger partial charge in [-0.25, -0.2) is 5.06 Å². The van der Waals surface area contributed by atoms with Gasteiger partial charge in [0.05, 0.1) is 11.0 Å². The highest BCUT2D eigenvalue weighted by Gasteiger charge is 2.60. The molecule has 1 N–H and O–H groups in total. The van der Waals surface area contributed by atoms with Gasteiger partial charge in [-0.15, -0.1) is 0 Å². The Labute approximate surface area is 60.6 Å². The molecule has 1 heterocycles. The van der Waals surface area contributed by atoms with E-state index in [9.17, 15) is 4.79 Å². The van der Waals surface area contributed by atoms with Gasteiger partial charge in [0.25, 0.3) is 5.91 Å². The summed E-state index contributed by atoms with van der Waals surface area (Å²) in [6, 6.07) is 0. The van der Waals surface area contributed by atoms with E-state index in [4.69, 9.17) is 5.21 Å². The van der Waals surface area contributed by atoms with Crippen LogP contribution in [-0.2, 0) is 4.79 Å². The van der Waals surface area contributed by atoms with Gasteiger partial charge in [0.2, 0.25) is 0 Å². The predicted octanol–water partition coefficient (Wildman–Crippen LogP) is 1.02. The van der Waals surface area contributed by atoms with Crippen molar-refractivity contribution in [3.63, 3.8) is 0 Å². The fraction of sp³-hybridized carbons (Fsp3) is 0.857. The zero-order chi connectivity index (χ0) is 8.15. The molecule has 0 aromatic heterocycles. The van der Waals surface area contributed by atoms with E-state index in [1.807, 2.05) is 27.7 Å². The molecular weight excluding hydrogens is 130 g/mol. The molecule has 10 heavy (non-hydrogen) atoms. The third-order valence-electron chi connectivity index (χ3n) is 2.79. The highest BCUT2D eigenvalue weighted by atomic mass is 16.5. The predicted molar refractivity (Wildman–Crippen MR) is 36.5 cm³/mol. The van der Waals surface area contributed by atoms with E-state index in [1.54, 1.807) is 0 Å². The third-order valence-corrected chi connectivity index (χ3v) is 2.79. The zero-order valence-electron chi connectivity index (χ0n) is 6.80. The van der Waals surface area contributed by atoms with E-state index in [1.165, 1.54) is 0 Å². The van der Waals surface area contributed by atoms with Crippen LogP contribution in [0.5, 0.6) is 0 Å². The standard InChI is InChI=1S/C7H13NO2/c1-6(2)5(9)8(10)7(6,3)4/h10H,1-4H3. The van der Waals surface area contributed by atoms with Gasteiger partial charge in [0, 0.05) is 0 Å². The fourth-order valence-electron chi connectivity index (χ4n) is 0.992. The van der Waals surface area contributed by atoms with Crippen LogP contribution in [0, 0.1) is 5.41 Å². The molecule has 1 aliphatic heterocycles. The minimum atomic E-state index is -0.415. The van der Waals surface area contributed by atoms with Crippen molar-refractivity contribution in [3.05, 3.63) is 0 Å². The van der Waals surface area contributed by atoms with Crippen molar-refractivity contribution in [2.75, 3.05) is 0 Å². The summed E-state index contributed by atoms with van der Waals surface area (Å²) in [5, 5.41) is 9.86. The molecule has 58 valence electrons. The molecule has 0 aromatic carbocycles. The molecule has 0 atom stereocenters. The summed E-state index contributed by atoms with van der Waals surface area (Å²) in [6.07, 6.45) is 0. The number of rotatable bonds is 0.